The van der Waals surface area contributed by atoms with Crippen LogP contribution in [0.2, 0.25) is 0 Å². The van der Waals surface area contributed by atoms with Crippen LogP contribution < -0.4 is 0 Å². The average molecular weight is 1680 g/mol. The molecule has 16 nitrogen and oxygen atoms in total. The van der Waals surface area contributed by atoms with Gasteiger partial charge < -0.3 is 34.2 Å². The molecule has 0 saturated heterocycles. The van der Waals surface area contributed by atoms with Gasteiger partial charge in [0.2, 0.25) is 0 Å². The SMILES string of the molecule is CC/C=C\C/C=C\C/C=C\C/C=C\C/C=C\CCCCCCCCCCCCCCCCCCCC(=O)OCC(O)COP(=O)(O)OCC(O)COP(=O)(O)OCC(COC(=O)CCCCCCCCCCCCCCCCCCC/C=C\C/C=C\C/C=C\C/C=C\C/C=C\CC)OC(=O)CCCCCCC/C=C\C/C=C\C/C=C\CC. The van der Waals surface area contributed by atoms with Crippen LogP contribution >= 0.6 is 15.6 Å². The van der Waals surface area contributed by atoms with Crippen molar-refractivity contribution in [2.45, 2.75) is 411 Å². The minimum absolute atomic E-state index is 0.0841. The molecule has 0 aliphatic heterocycles. The van der Waals surface area contributed by atoms with Gasteiger partial charge in [-0.25, -0.2) is 9.13 Å². The van der Waals surface area contributed by atoms with Gasteiger partial charge in [-0.2, -0.15) is 0 Å². The Kier molecular flexibility index (Phi) is 86.7. The fourth-order valence-corrected chi connectivity index (χ4v) is 14.3. The lowest BCUT2D eigenvalue weighted by atomic mass is 10.0. The third-order valence-electron chi connectivity index (χ3n) is 19.7. The maximum Gasteiger partial charge on any atom is 0.472 e. The van der Waals surface area contributed by atoms with E-state index >= 15 is 0 Å². The van der Waals surface area contributed by atoms with Gasteiger partial charge in [0.1, 0.15) is 25.4 Å². The quantitative estimate of drug-likeness (QED) is 0.0146. The zero-order valence-corrected chi connectivity index (χ0v) is 75.9. The molecule has 0 aliphatic rings. The fraction of sp³-hybridized carbons (Fsp3) is 0.707. The number of phosphoric ester groups is 2. The van der Waals surface area contributed by atoms with Crippen LogP contribution in [-0.4, -0.2) is 95.9 Å². The third-order valence-corrected chi connectivity index (χ3v) is 21.6. The Morgan fingerprint density at radius 3 is 0.675 bits per heavy atom. The van der Waals surface area contributed by atoms with E-state index in [0.29, 0.717) is 19.3 Å². The molecule has 0 rings (SSSR count). The number of aliphatic hydroxyl groups excluding tert-OH is 2. The van der Waals surface area contributed by atoms with Crippen molar-refractivity contribution in [3.63, 3.8) is 0 Å². The van der Waals surface area contributed by atoms with Gasteiger partial charge in [0, 0.05) is 19.3 Å². The van der Waals surface area contributed by atoms with Gasteiger partial charge in [0.25, 0.3) is 0 Å². The minimum Gasteiger partial charge on any atom is -0.463 e. The van der Waals surface area contributed by atoms with E-state index in [2.05, 4.69) is 179 Å². The van der Waals surface area contributed by atoms with E-state index in [1.54, 1.807) is 0 Å². The molecule has 0 saturated carbocycles. The molecule has 0 aromatic rings. The fourth-order valence-electron chi connectivity index (χ4n) is 12.8. The molecule has 0 aromatic heterocycles. The van der Waals surface area contributed by atoms with Crippen molar-refractivity contribution >= 4 is 33.6 Å². The molecule has 0 amide bonds. The second kappa shape index (κ2) is 90.4. The number of esters is 3. The standard InChI is InChI=1S/C99H170O16P2/c1-4-7-10-13-16-19-22-25-28-30-32-34-36-38-40-42-44-46-48-50-52-54-56-58-60-62-65-67-70-73-76-79-82-85-97(102)109-88-94(100)89-111-116(105,106)112-90-95(101)91-113-117(107,108)114-93-96(115-99(104)87-84-81-78-75-72-69-64-27-24-21-18-15-12-9-6-3)92-110-98(103)86-83-80-77-74-71-68-66-63-61-59-57-55-53-51-49-47-45-43-41-39-37-35-33-31-29-26-23-20-17-14-11-8-5-2/h7-12,16-21,25-29,32-35,38-41,64,94-96,100-101H,4-6,13-15,22-24,30-31,36-37,42-63,65-93H2,1-3H3,(H,105,106)(H,107,108)/b10-7-,11-8-,12-9-,19-16-,20-17-,21-18-,28-25-,29-26-,34-32-,35-33-,40-38-,41-39-,64-27-. The van der Waals surface area contributed by atoms with Crippen molar-refractivity contribution in [2.75, 3.05) is 39.6 Å². The van der Waals surface area contributed by atoms with E-state index in [-0.39, 0.29) is 19.3 Å². The van der Waals surface area contributed by atoms with Crippen LogP contribution in [0.15, 0.2) is 158 Å². The summed E-state index contributed by atoms with van der Waals surface area (Å²) in [5.41, 5.74) is 0. The van der Waals surface area contributed by atoms with E-state index in [9.17, 15) is 43.5 Å². The van der Waals surface area contributed by atoms with Crippen LogP contribution in [-0.2, 0) is 55.8 Å². The molecular formula is C99H170O16P2. The smallest absolute Gasteiger partial charge is 0.463 e. The van der Waals surface area contributed by atoms with E-state index in [4.69, 9.17) is 32.3 Å². The first-order valence-corrected chi connectivity index (χ1v) is 49.8. The van der Waals surface area contributed by atoms with Crippen LogP contribution in [0.3, 0.4) is 0 Å². The molecule has 672 valence electrons. The van der Waals surface area contributed by atoms with Crippen LogP contribution in [0.1, 0.15) is 393 Å². The van der Waals surface area contributed by atoms with Crippen LogP contribution in [0, 0.1) is 0 Å². The molecule has 0 bridgehead atoms. The predicted molar refractivity (Wildman–Crippen MR) is 491 cm³/mol. The van der Waals surface area contributed by atoms with Crippen molar-refractivity contribution in [2.24, 2.45) is 0 Å². The lowest BCUT2D eigenvalue weighted by Crippen LogP contribution is -2.30. The predicted octanol–water partition coefficient (Wildman–Crippen LogP) is 28.9. The van der Waals surface area contributed by atoms with Gasteiger partial charge in [-0.1, -0.05) is 391 Å². The van der Waals surface area contributed by atoms with Gasteiger partial charge in [-0.3, -0.25) is 32.5 Å². The van der Waals surface area contributed by atoms with Gasteiger partial charge in [-0.05, 0) is 141 Å². The maximum atomic E-state index is 13.0. The molecular weight excluding hydrogens is 1510 g/mol. The molecule has 5 unspecified atom stereocenters. The molecule has 117 heavy (non-hydrogen) atoms. The molecule has 4 N–H and O–H groups in total. The number of unbranched alkanes of at least 4 members (excludes halogenated alkanes) is 39. The Hall–Kier alpha value is -4.83. The number of ether oxygens (including phenoxy) is 3. The van der Waals surface area contributed by atoms with Gasteiger partial charge in [0.15, 0.2) is 6.10 Å². The summed E-state index contributed by atoms with van der Waals surface area (Å²) in [4.78, 5) is 58.9. The number of hydrogen-bond acceptors (Lipinski definition) is 14. The minimum atomic E-state index is -4.94. The van der Waals surface area contributed by atoms with Gasteiger partial charge >= 0.3 is 33.6 Å². The number of hydrogen-bond donors (Lipinski definition) is 4. The number of carbonyl (C=O) groups excluding carboxylic acids is 3. The van der Waals surface area contributed by atoms with E-state index < -0.39 is 91.5 Å². The Balaban J connectivity index is 4.43. The lowest BCUT2D eigenvalue weighted by Gasteiger charge is -2.21. The number of aliphatic hydroxyl groups is 2. The molecule has 0 aromatic carbocycles. The third kappa shape index (κ3) is 91.7. The van der Waals surface area contributed by atoms with Crippen molar-refractivity contribution < 1.29 is 75.8 Å². The molecule has 0 fully saturated rings. The largest absolute Gasteiger partial charge is 0.472 e. The summed E-state index contributed by atoms with van der Waals surface area (Å²) in [7, 11) is -9.81. The van der Waals surface area contributed by atoms with E-state index in [1.165, 1.54) is 180 Å². The van der Waals surface area contributed by atoms with Gasteiger partial charge in [0.05, 0.1) is 26.4 Å². The summed E-state index contributed by atoms with van der Waals surface area (Å²) in [6, 6.07) is 0. The summed E-state index contributed by atoms with van der Waals surface area (Å²) in [5, 5.41) is 20.7. The van der Waals surface area contributed by atoms with Crippen molar-refractivity contribution in [3.8, 4) is 0 Å². The number of allylic oxidation sites excluding steroid dienone is 26. The lowest BCUT2D eigenvalue weighted by molar-refractivity contribution is -0.161. The Bertz CT molecular complexity index is 2760. The monoisotopic (exact) mass is 1680 g/mol. The molecule has 5 atom stereocenters. The Labute approximate surface area is 714 Å². The number of carbonyl (C=O) groups is 3. The first-order chi connectivity index (χ1) is 57.2. The first kappa shape index (κ1) is 112. The topological polar surface area (TPSA) is 231 Å². The highest BCUT2D eigenvalue weighted by Crippen LogP contribution is 2.45. The Morgan fingerprint density at radius 1 is 0.239 bits per heavy atom. The van der Waals surface area contributed by atoms with Crippen molar-refractivity contribution in [3.05, 3.63) is 158 Å². The highest BCUT2D eigenvalue weighted by atomic mass is 31.2. The van der Waals surface area contributed by atoms with Crippen LogP contribution in [0.25, 0.3) is 0 Å². The summed E-state index contributed by atoms with van der Waals surface area (Å²) in [6.07, 6.45) is 116. The van der Waals surface area contributed by atoms with Crippen molar-refractivity contribution in [1.82, 2.24) is 0 Å². The average Bonchev–Trinajstić information content (AvgIpc) is 0.874. The Morgan fingerprint density at radius 2 is 0.427 bits per heavy atom. The maximum absolute atomic E-state index is 13.0. The van der Waals surface area contributed by atoms with Crippen LogP contribution in [0.5, 0.6) is 0 Å². The second-order valence-electron chi connectivity index (χ2n) is 31.0. The molecule has 0 aliphatic carbocycles. The van der Waals surface area contributed by atoms with E-state index in [0.717, 1.165) is 154 Å². The van der Waals surface area contributed by atoms with Gasteiger partial charge in [-0.15, -0.1) is 0 Å². The van der Waals surface area contributed by atoms with Crippen molar-refractivity contribution in [1.29, 1.82) is 0 Å². The van der Waals surface area contributed by atoms with E-state index in [1.807, 2.05) is 0 Å². The summed E-state index contributed by atoms with van der Waals surface area (Å²) in [5.74, 6) is -1.58. The summed E-state index contributed by atoms with van der Waals surface area (Å²) < 4.78 is 61.4. The van der Waals surface area contributed by atoms with Crippen LogP contribution in [0.4, 0.5) is 0 Å². The molecule has 0 spiro atoms. The normalized spacial score (nSPS) is 14.5. The number of rotatable bonds is 88. The molecule has 0 radical (unpaired) electrons. The molecule has 0 heterocycles. The molecule has 18 heteroatoms. The highest BCUT2D eigenvalue weighted by molar-refractivity contribution is 7.47. The zero-order chi connectivity index (χ0) is 85.1. The number of phosphoric acid groups is 2. The summed E-state index contributed by atoms with van der Waals surface area (Å²) >= 11 is 0. The summed E-state index contributed by atoms with van der Waals surface area (Å²) in [6.45, 7) is 2.37. The zero-order valence-electron chi connectivity index (χ0n) is 74.1. The second-order valence-corrected chi connectivity index (χ2v) is 33.9. The first-order valence-electron chi connectivity index (χ1n) is 46.8. The highest BCUT2D eigenvalue weighted by Gasteiger charge is 2.29.